The van der Waals surface area contributed by atoms with Crippen LogP contribution in [0.1, 0.15) is 386 Å². The zero-order valence-corrected chi connectivity index (χ0v) is 61.3. The van der Waals surface area contributed by atoms with Crippen molar-refractivity contribution in [3.63, 3.8) is 0 Å². The number of esters is 2. The molecule has 2 atom stereocenters. The Morgan fingerprint density at radius 1 is 0.344 bits per heavy atom. The first-order chi connectivity index (χ1) is 44.0. The topological polar surface area (TPSA) is 108 Å². The van der Waals surface area contributed by atoms with Gasteiger partial charge in [-0.3, -0.25) is 18.6 Å². The third kappa shape index (κ3) is 74.7. The Hall–Kier alpha value is -2.29. The Labute approximate surface area is 559 Å². The molecule has 0 aliphatic carbocycles. The molecule has 0 aliphatic rings. The average Bonchev–Trinajstić information content (AvgIpc) is 3.58. The van der Waals surface area contributed by atoms with E-state index in [9.17, 15) is 19.0 Å². The van der Waals surface area contributed by atoms with Crippen LogP contribution in [0.25, 0.3) is 0 Å². The molecule has 10 heteroatoms. The molecule has 0 radical (unpaired) electrons. The van der Waals surface area contributed by atoms with Gasteiger partial charge in [-0.15, -0.1) is 0 Å². The summed E-state index contributed by atoms with van der Waals surface area (Å²) in [6, 6.07) is 0. The van der Waals surface area contributed by atoms with Gasteiger partial charge in [-0.1, -0.05) is 351 Å². The Bertz CT molecular complexity index is 1700. The van der Waals surface area contributed by atoms with Crippen LogP contribution in [0.2, 0.25) is 0 Å². The number of carbonyl (C=O) groups excluding carboxylic acids is 2. The second-order valence-corrected chi connectivity index (χ2v) is 29.2. The highest BCUT2D eigenvalue weighted by Gasteiger charge is 2.27. The SMILES string of the molecule is CCCCCCC/C=C\C/C=C\C/C=C\CCCCCCCCCCCCC(=O)OC(COC(=O)CCCCCCCCCCCCCCCCCCCCCCCCCCCCCCC/C=C\C/C=C\CCCCCCC)COP(=O)(O)OCC[N+](C)(C)C. The predicted octanol–water partition coefficient (Wildman–Crippen LogP) is 25.7. The summed E-state index contributed by atoms with van der Waals surface area (Å²) >= 11 is 0. The van der Waals surface area contributed by atoms with E-state index in [0.29, 0.717) is 23.9 Å². The van der Waals surface area contributed by atoms with Crippen LogP contribution in [-0.4, -0.2) is 74.9 Å². The summed E-state index contributed by atoms with van der Waals surface area (Å²) in [5, 5.41) is 0. The summed E-state index contributed by atoms with van der Waals surface area (Å²) < 4.78 is 34.8. The lowest BCUT2D eigenvalue weighted by molar-refractivity contribution is -0.870. The molecule has 9 nitrogen and oxygen atoms in total. The largest absolute Gasteiger partial charge is 0.472 e. The second-order valence-electron chi connectivity index (χ2n) is 27.7. The number of hydrogen-bond acceptors (Lipinski definition) is 7. The highest BCUT2D eigenvalue weighted by atomic mass is 31.2. The smallest absolute Gasteiger partial charge is 0.462 e. The Morgan fingerprint density at radius 2 is 0.600 bits per heavy atom. The van der Waals surface area contributed by atoms with Crippen molar-refractivity contribution >= 4 is 19.8 Å². The first-order valence-electron chi connectivity index (χ1n) is 39.0. The predicted molar refractivity (Wildman–Crippen MR) is 390 cm³/mol. The minimum atomic E-state index is -4.39. The molecule has 0 saturated carbocycles. The number of phosphoric acid groups is 1. The number of likely N-dealkylation sites (N-methyl/N-ethyl adjacent to an activating group) is 1. The molecular formula is C80H151NO8P+. The third-order valence-electron chi connectivity index (χ3n) is 17.5. The summed E-state index contributed by atoms with van der Waals surface area (Å²) in [5.74, 6) is -0.784. The van der Waals surface area contributed by atoms with Crippen LogP contribution in [0.4, 0.5) is 0 Å². The Balaban J connectivity index is 3.89. The molecule has 0 saturated heterocycles. The normalized spacial score (nSPS) is 13.4. The number of quaternary nitrogens is 1. The molecule has 0 rings (SSSR count). The lowest BCUT2D eigenvalue weighted by Gasteiger charge is -2.24. The maximum atomic E-state index is 12.9. The first-order valence-corrected chi connectivity index (χ1v) is 40.5. The summed E-state index contributed by atoms with van der Waals surface area (Å²) in [6.45, 7) is 4.46. The van der Waals surface area contributed by atoms with E-state index in [1.54, 1.807) is 0 Å². The second kappa shape index (κ2) is 71.0. The molecule has 0 fully saturated rings. The van der Waals surface area contributed by atoms with Crippen molar-refractivity contribution < 1.29 is 42.1 Å². The maximum Gasteiger partial charge on any atom is 0.472 e. The lowest BCUT2D eigenvalue weighted by atomic mass is 10.0. The van der Waals surface area contributed by atoms with Gasteiger partial charge < -0.3 is 18.9 Å². The van der Waals surface area contributed by atoms with Gasteiger partial charge in [-0.2, -0.15) is 0 Å². The molecule has 0 aromatic rings. The van der Waals surface area contributed by atoms with Crippen molar-refractivity contribution in [2.75, 3.05) is 47.5 Å². The highest BCUT2D eigenvalue weighted by Crippen LogP contribution is 2.43. The molecule has 0 bridgehead atoms. The lowest BCUT2D eigenvalue weighted by Crippen LogP contribution is -2.37. The first kappa shape index (κ1) is 87.7. The number of rotatable bonds is 73. The quantitative estimate of drug-likeness (QED) is 0.0211. The number of phosphoric ester groups is 1. The van der Waals surface area contributed by atoms with E-state index < -0.39 is 26.5 Å². The van der Waals surface area contributed by atoms with Gasteiger partial charge in [0, 0.05) is 12.8 Å². The van der Waals surface area contributed by atoms with Gasteiger partial charge in [0.2, 0.25) is 0 Å². The molecule has 0 aliphatic heterocycles. The van der Waals surface area contributed by atoms with Gasteiger partial charge in [0.1, 0.15) is 19.8 Å². The van der Waals surface area contributed by atoms with Crippen molar-refractivity contribution in [3.05, 3.63) is 60.8 Å². The molecule has 2 unspecified atom stereocenters. The van der Waals surface area contributed by atoms with Crippen molar-refractivity contribution in [1.82, 2.24) is 0 Å². The summed E-state index contributed by atoms with van der Waals surface area (Å²) in [6.07, 6.45) is 95.1. The fraction of sp³-hybridized carbons (Fsp3) is 0.850. The average molecular weight is 1290 g/mol. The van der Waals surface area contributed by atoms with Gasteiger partial charge in [0.05, 0.1) is 27.7 Å². The van der Waals surface area contributed by atoms with E-state index >= 15 is 0 Å². The zero-order chi connectivity index (χ0) is 65.5. The molecule has 0 aromatic carbocycles. The highest BCUT2D eigenvalue weighted by molar-refractivity contribution is 7.47. The van der Waals surface area contributed by atoms with E-state index in [1.165, 1.54) is 295 Å². The summed E-state index contributed by atoms with van der Waals surface area (Å²) in [5.41, 5.74) is 0. The summed E-state index contributed by atoms with van der Waals surface area (Å²) in [4.78, 5) is 35.9. The van der Waals surface area contributed by atoms with Crippen molar-refractivity contribution in [3.8, 4) is 0 Å². The molecule has 0 spiro atoms. The van der Waals surface area contributed by atoms with Crippen LogP contribution in [0.3, 0.4) is 0 Å². The molecule has 0 heterocycles. The Morgan fingerprint density at radius 3 is 0.889 bits per heavy atom. The van der Waals surface area contributed by atoms with Crippen molar-refractivity contribution in [2.24, 2.45) is 0 Å². The van der Waals surface area contributed by atoms with Gasteiger partial charge in [0.15, 0.2) is 6.10 Å². The zero-order valence-electron chi connectivity index (χ0n) is 60.4. The summed E-state index contributed by atoms with van der Waals surface area (Å²) in [7, 11) is 1.49. The van der Waals surface area contributed by atoms with Gasteiger partial charge in [-0.05, 0) is 83.5 Å². The van der Waals surface area contributed by atoms with Crippen LogP contribution in [0, 0.1) is 0 Å². The molecule has 90 heavy (non-hydrogen) atoms. The minimum absolute atomic E-state index is 0.0316. The number of allylic oxidation sites excluding steroid dienone is 10. The minimum Gasteiger partial charge on any atom is -0.462 e. The van der Waals surface area contributed by atoms with E-state index in [-0.39, 0.29) is 25.6 Å². The monoisotopic (exact) mass is 1290 g/mol. The molecule has 1 N–H and O–H groups in total. The molecule has 0 aromatic heterocycles. The van der Waals surface area contributed by atoms with E-state index in [0.717, 1.165) is 57.8 Å². The maximum absolute atomic E-state index is 12.9. The van der Waals surface area contributed by atoms with Crippen LogP contribution in [0.15, 0.2) is 60.8 Å². The number of ether oxygens (including phenoxy) is 2. The van der Waals surface area contributed by atoms with E-state index in [1.807, 2.05) is 21.1 Å². The fourth-order valence-corrected chi connectivity index (χ4v) is 12.3. The number of unbranched alkanes of at least 4 members (excludes halogenated alkanes) is 49. The van der Waals surface area contributed by atoms with Crippen LogP contribution in [0.5, 0.6) is 0 Å². The van der Waals surface area contributed by atoms with Crippen LogP contribution >= 0.6 is 7.82 Å². The van der Waals surface area contributed by atoms with Crippen LogP contribution < -0.4 is 0 Å². The van der Waals surface area contributed by atoms with E-state index in [2.05, 4.69) is 74.6 Å². The van der Waals surface area contributed by atoms with Gasteiger partial charge in [0.25, 0.3) is 0 Å². The third-order valence-corrected chi connectivity index (χ3v) is 18.5. The fourth-order valence-electron chi connectivity index (χ4n) is 11.5. The number of nitrogens with zero attached hydrogens (tertiary/aromatic N) is 1. The standard InChI is InChI=1S/C80H150NO8P/c1-6-8-10-12-14-16-18-20-22-24-26-28-30-32-33-34-35-36-37-38-39-40-41-42-43-44-45-46-47-49-50-52-54-56-58-60-62-64-66-68-70-72-79(82)86-76-78(77-88-90(84,85)87-75-74-81(3,4)5)89-80(83)73-71-69-67-65-63-61-59-57-55-53-51-48-31-29-27-25-23-21-19-17-15-13-11-9-7-2/h18-21,24-27,31,48,78H,6-17,22-23,28-30,32-47,49-77H2,1-5H3/p+1/b20-18-,21-19-,26-24-,27-25-,48-31-. The van der Waals surface area contributed by atoms with Crippen LogP contribution in [-0.2, 0) is 32.7 Å². The van der Waals surface area contributed by atoms with Gasteiger partial charge >= 0.3 is 19.8 Å². The molecule has 0 amide bonds. The van der Waals surface area contributed by atoms with E-state index in [4.69, 9.17) is 18.5 Å². The van der Waals surface area contributed by atoms with Crippen molar-refractivity contribution in [2.45, 2.75) is 392 Å². The molecular weight excluding hydrogens is 1130 g/mol. The Kier molecular flexibility index (Phi) is 69.2. The number of hydrogen-bond donors (Lipinski definition) is 1. The van der Waals surface area contributed by atoms with Gasteiger partial charge in [-0.25, -0.2) is 4.57 Å². The van der Waals surface area contributed by atoms with Crippen molar-refractivity contribution in [1.29, 1.82) is 0 Å². The number of carbonyl (C=O) groups is 2. The molecule has 528 valence electrons.